The molecule has 3 aromatic heterocycles. The van der Waals surface area contributed by atoms with Crippen LogP contribution in [-0.2, 0) is 0 Å². The minimum Gasteiger partial charge on any atom is -0.360 e. The van der Waals surface area contributed by atoms with Gasteiger partial charge >= 0.3 is 0 Å². The van der Waals surface area contributed by atoms with Crippen molar-refractivity contribution in [1.82, 2.24) is 24.7 Å². The van der Waals surface area contributed by atoms with Gasteiger partial charge in [-0.15, -0.1) is 10.2 Å². The summed E-state index contributed by atoms with van der Waals surface area (Å²) >= 11 is 3.44. The molecule has 1 amide bonds. The molecule has 0 bridgehead atoms. The molecule has 7 nitrogen and oxygen atoms in total. The van der Waals surface area contributed by atoms with Crippen LogP contribution < -0.4 is 5.32 Å². The highest BCUT2D eigenvalue weighted by molar-refractivity contribution is 9.10. The quantitative estimate of drug-likeness (QED) is 0.507. The largest absolute Gasteiger partial charge is 0.360 e. The second kappa shape index (κ2) is 6.96. The molecule has 0 aliphatic rings. The highest BCUT2D eigenvalue weighted by Crippen LogP contribution is 2.24. The van der Waals surface area contributed by atoms with E-state index in [0.717, 1.165) is 15.4 Å². The minimum atomic E-state index is -0.227. The van der Waals surface area contributed by atoms with Crippen LogP contribution >= 0.6 is 15.9 Å². The summed E-state index contributed by atoms with van der Waals surface area (Å²) in [6, 6.07) is 11.4. The third kappa shape index (κ3) is 3.35. The Hall–Kier alpha value is -3.00. The molecule has 0 fully saturated rings. The second-order valence-corrected chi connectivity index (χ2v) is 7.33. The normalized spacial score (nSPS) is 11.3. The average molecular weight is 425 g/mol. The molecule has 4 rings (SSSR count). The Bertz CT molecular complexity index is 1130. The Labute approximate surface area is 164 Å². The lowest BCUT2D eigenvalue weighted by atomic mass is 10.1. The number of hydrogen-bond acceptors (Lipinski definition) is 4. The van der Waals surface area contributed by atoms with Gasteiger partial charge in [0.1, 0.15) is 17.8 Å². The summed E-state index contributed by atoms with van der Waals surface area (Å²) in [5, 5.41) is 11.8. The maximum atomic E-state index is 12.8. The number of nitrogens with one attached hydrogen (secondary N) is 2. The number of halogens is 1. The summed E-state index contributed by atoms with van der Waals surface area (Å²) in [5.41, 5.74) is 2.11. The lowest BCUT2D eigenvalue weighted by molar-refractivity contribution is 0.102. The molecule has 0 spiro atoms. The summed E-state index contributed by atoms with van der Waals surface area (Å²) in [4.78, 5) is 20.4. The summed E-state index contributed by atoms with van der Waals surface area (Å²) in [6.07, 6.45) is 3.38. The number of hydrogen-bond donors (Lipinski definition) is 2. The number of carbonyl (C=O) groups excluding carboxylic acids is 1. The first-order valence-electron chi connectivity index (χ1n) is 8.48. The number of carbonyl (C=O) groups is 1. The zero-order valence-corrected chi connectivity index (χ0v) is 16.4. The number of aromatic nitrogens is 5. The van der Waals surface area contributed by atoms with E-state index < -0.39 is 0 Å². The third-order valence-corrected chi connectivity index (χ3v) is 4.73. The first kappa shape index (κ1) is 17.4. The maximum Gasteiger partial charge on any atom is 0.258 e. The molecule has 136 valence electrons. The van der Waals surface area contributed by atoms with Crippen molar-refractivity contribution in [1.29, 1.82) is 0 Å². The Kier molecular flexibility index (Phi) is 4.49. The highest BCUT2D eigenvalue weighted by Gasteiger charge is 2.15. The lowest BCUT2D eigenvalue weighted by Crippen LogP contribution is -2.13. The van der Waals surface area contributed by atoms with Crippen molar-refractivity contribution in [2.75, 3.05) is 5.32 Å². The number of rotatable bonds is 4. The van der Waals surface area contributed by atoms with E-state index in [1.807, 2.05) is 48.7 Å². The number of pyridine rings is 1. The fourth-order valence-electron chi connectivity index (χ4n) is 2.90. The van der Waals surface area contributed by atoms with Crippen LogP contribution in [0.15, 0.2) is 53.4 Å². The van der Waals surface area contributed by atoms with Gasteiger partial charge in [-0.3, -0.25) is 4.79 Å². The van der Waals surface area contributed by atoms with Crippen LogP contribution in [-0.4, -0.2) is 30.6 Å². The van der Waals surface area contributed by atoms with Crippen molar-refractivity contribution in [3.8, 4) is 11.5 Å². The molecule has 2 N–H and O–H groups in total. The molecule has 8 heteroatoms. The van der Waals surface area contributed by atoms with Crippen LogP contribution in [0.4, 0.5) is 5.82 Å². The summed E-state index contributed by atoms with van der Waals surface area (Å²) in [7, 11) is 0. The van der Waals surface area contributed by atoms with Crippen molar-refractivity contribution in [3.63, 3.8) is 0 Å². The van der Waals surface area contributed by atoms with Crippen molar-refractivity contribution < 1.29 is 4.79 Å². The van der Waals surface area contributed by atoms with Gasteiger partial charge < -0.3 is 14.9 Å². The summed E-state index contributed by atoms with van der Waals surface area (Å²) in [6.45, 7) is 4.10. The number of amides is 1. The smallest absolute Gasteiger partial charge is 0.258 e. The molecule has 4 aromatic rings. The number of nitrogens with zero attached hydrogens (tertiary/aromatic N) is 4. The molecule has 0 atom stereocenters. The lowest BCUT2D eigenvalue weighted by Gasteiger charge is -2.10. The van der Waals surface area contributed by atoms with Gasteiger partial charge in [0.2, 0.25) is 0 Å². The molecule has 0 unspecified atom stereocenters. The van der Waals surface area contributed by atoms with Crippen LogP contribution in [0, 0.1) is 0 Å². The molecule has 0 radical (unpaired) electrons. The van der Waals surface area contributed by atoms with Gasteiger partial charge in [-0.1, -0.05) is 22.0 Å². The van der Waals surface area contributed by atoms with Gasteiger partial charge in [0.25, 0.3) is 5.91 Å². The van der Waals surface area contributed by atoms with E-state index >= 15 is 0 Å². The Morgan fingerprint density at radius 3 is 2.93 bits per heavy atom. The van der Waals surface area contributed by atoms with E-state index in [1.165, 1.54) is 0 Å². The average Bonchev–Trinajstić information content (AvgIpc) is 3.28. The predicted molar refractivity (Wildman–Crippen MR) is 108 cm³/mol. The summed E-state index contributed by atoms with van der Waals surface area (Å²) in [5.74, 6) is 0.895. The van der Waals surface area contributed by atoms with E-state index in [1.54, 1.807) is 18.6 Å². The van der Waals surface area contributed by atoms with E-state index in [0.29, 0.717) is 22.9 Å². The molecule has 0 saturated heterocycles. The molecule has 27 heavy (non-hydrogen) atoms. The van der Waals surface area contributed by atoms with Crippen LogP contribution in [0.2, 0.25) is 0 Å². The van der Waals surface area contributed by atoms with Gasteiger partial charge in [0.05, 0.1) is 5.56 Å². The number of anilines is 1. The Morgan fingerprint density at radius 1 is 1.26 bits per heavy atom. The van der Waals surface area contributed by atoms with E-state index in [-0.39, 0.29) is 11.9 Å². The standard InChI is InChI=1S/C19H17BrN6O/c1-11(2)26-10-22-25-18(26)16-4-3-5-17(23-16)24-19(27)14-9-21-15-7-6-12(20)8-13(14)15/h3-11,21H,1-2H3,(H,23,24,27). The maximum absolute atomic E-state index is 12.8. The monoisotopic (exact) mass is 424 g/mol. The van der Waals surface area contributed by atoms with Crippen molar-refractivity contribution >= 4 is 38.6 Å². The zero-order valence-electron chi connectivity index (χ0n) is 14.8. The van der Waals surface area contributed by atoms with E-state index in [9.17, 15) is 4.79 Å². The van der Waals surface area contributed by atoms with Gasteiger partial charge in [0, 0.05) is 27.6 Å². The topological polar surface area (TPSA) is 88.5 Å². The van der Waals surface area contributed by atoms with E-state index in [2.05, 4.69) is 41.4 Å². The number of benzene rings is 1. The molecule has 0 aliphatic heterocycles. The summed E-state index contributed by atoms with van der Waals surface area (Å²) < 4.78 is 2.85. The van der Waals surface area contributed by atoms with Gasteiger partial charge in [0.15, 0.2) is 5.82 Å². The van der Waals surface area contributed by atoms with Crippen LogP contribution in [0.5, 0.6) is 0 Å². The second-order valence-electron chi connectivity index (χ2n) is 6.41. The number of H-pyrrole nitrogens is 1. The first-order valence-corrected chi connectivity index (χ1v) is 9.27. The molecule has 1 aromatic carbocycles. The van der Waals surface area contributed by atoms with Crippen LogP contribution in [0.3, 0.4) is 0 Å². The molecule has 3 heterocycles. The third-order valence-electron chi connectivity index (χ3n) is 4.24. The van der Waals surface area contributed by atoms with Crippen LogP contribution in [0.1, 0.15) is 30.2 Å². The van der Waals surface area contributed by atoms with Gasteiger partial charge in [-0.05, 0) is 44.2 Å². The van der Waals surface area contributed by atoms with Crippen molar-refractivity contribution in [2.24, 2.45) is 0 Å². The fourth-order valence-corrected chi connectivity index (χ4v) is 3.26. The molecule has 0 saturated carbocycles. The number of aromatic amines is 1. The fraction of sp³-hybridized carbons (Fsp3) is 0.158. The van der Waals surface area contributed by atoms with E-state index in [4.69, 9.17) is 0 Å². The first-order chi connectivity index (χ1) is 13.0. The van der Waals surface area contributed by atoms with Crippen molar-refractivity contribution in [3.05, 3.63) is 59.0 Å². The Morgan fingerprint density at radius 2 is 2.11 bits per heavy atom. The predicted octanol–water partition coefficient (Wildman–Crippen LogP) is 4.42. The van der Waals surface area contributed by atoms with Crippen molar-refractivity contribution in [2.45, 2.75) is 19.9 Å². The SMILES string of the molecule is CC(C)n1cnnc1-c1cccc(NC(=O)c2c[nH]c3ccc(Br)cc23)n1. The molecular formula is C19H17BrN6O. The van der Waals surface area contributed by atoms with Crippen LogP contribution in [0.25, 0.3) is 22.4 Å². The van der Waals surface area contributed by atoms with Gasteiger partial charge in [-0.2, -0.15) is 0 Å². The molecular weight excluding hydrogens is 408 g/mol. The van der Waals surface area contributed by atoms with Gasteiger partial charge in [-0.25, -0.2) is 4.98 Å². The Balaban J connectivity index is 1.64. The molecule has 0 aliphatic carbocycles. The highest BCUT2D eigenvalue weighted by atomic mass is 79.9. The number of fused-ring (bicyclic) bond motifs is 1. The minimum absolute atomic E-state index is 0.208. The zero-order chi connectivity index (χ0) is 19.0.